The van der Waals surface area contributed by atoms with Gasteiger partial charge >= 0.3 is 0 Å². The average Bonchev–Trinajstić information content (AvgIpc) is 3.24. The third kappa shape index (κ3) is 2.33. The summed E-state index contributed by atoms with van der Waals surface area (Å²) in [6.07, 6.45) is 4.27. The Kier molecular flexibility index (Phi) is 2.94. The van der Waals surface area contributed by atoms with E-state index in [1.807, 2.05) is 36.5 Å². The van der Waals surface area contributed by atoms with Crippen molar-refractivity contribution in [2.24, 2.45) is 5.73 Å². The van der Waals surface area contributed by atoms with Crippen molar-refractivity contribution in [3.05, 3.63) is 47.8 Å². The predicted molar refractivity (Wildman–Crippen MR) is 71.6 cm³/mol. The van der Waals surface area contributed by atoms with Gasteiger partial charge < -0.3 is 11.1 Å². The zero-order valence-electron chi connectivity index (χ0n) is 10.1. The van der Waals surface area contributed by atoms with E-state index in [2.05, 4.69) is 15.3 Å². The lowest BCUT2D eigenvalue weighted by Gasteiger charge is -2.09. The number of nitrogens with zero attached hydrogens (tertiary/aromatic N) is 2. The van der Waals surface area contributed by atoms with Crippen LogP contribution >= 0.6 is 0 Å². The van der Waals surface area contributed by atoms with Crippen LogP contribution in [0.2, 0.25) is 0 Å². The van der Waals surface area contributed by atoms with Gasteiger partial charge in [0.1, 0.15) is 0 Å². The van der Waals surface area contributed by atoms with Crippen LogP contribution in [0, 0.1) is 0 Å². The van der Waals surface area contributed by atoms with Crippen LogP contribution in [-0.4, -0.2) is 9.97 Å². The Labute approximate surface area is 106 Å². The van der Waals surface area contributed by atoms with Gasteiger partial charge in [-0.25, -0.2) is 9.97 Å². The molecular formula is C14H16N4. The largest absolute Gasteiger partial charge is 0.326 e. The molecule has 1 aromatic carbocycles. The number of benzene rings is 1. The molecule has 0 atom stereocenters. The lowest BCUT2D eigenvalue weighted by molar-refractivity contribution is 0.911. The number of hydrogen-bond acceptors (Lipinski definition) is 4. The summed E-state index contributed by atoms with van der Waals surface area (Å²) in [5.74, 6) is 1.24. The maximum absolute atomic E-state index is 5.72. The van der Waals surface area contributed by atoms with E-state index in [0.717, 1.165) is 16.9 Å². The lowest BCUT2D eigenvalue weighted by atomic mass is 10.1. The quantitative estimate of drug-likeness (QED) is 0.862. The van der Waals surface area contributed by atoms with Crippen LogP contribution in [0.25, 0.3) is 0 Å². The van der Waals surface area contributed by atoms with Crippen LogP contribution < -0.4 is 11.1 Å². The third-order valence-corrected chi connectivity index (χ3v) is 3.11. The maximum Gasteiger partial charge on any atom is 0.227 e. The van der Waals surface area contributed by atoms with E-state index < -0.39 is 0 Å². The Morgan fingerprint density at radius 1 is 1.22 bits per heavy atom. The Hall–Kier alpha value is -1.94. The van der Waals surface area contributed by atoms with E-state index in [1.54, 1.807) is 0 Å². The molecule has 0 radical (unpaired) electrons. The van der Waals surface area contributed by atoms with Gasteiger partial charge in [0.25, 0.3) is 0 Å². The molecule has 1 fully saturated rings. The maximum atomic E-state index is 5.72. The fraction of sp³-hybridized carbons (Fsp3) is 0.286. The van der Waals surface area contributed by atoms with Gasteiger partial charge in [0.2, 0.25) is 5.95 Å². The molecule has 1 aliphatic carbocycles. The second kappa shape index (κ2) is 4.74. The molecule has 1 heterocycles. The van der Waals surface area contributed by atoms with Gasteiger partial charge in [-0.2, -0.15) is 0 Å². The molecule has 0 amide bonds. The van der Waals surface area contributed by atoms with E-state index in [-0.39, 0.29) is 0 Å². The first kappa shape index (κ1) is 11.2. The smallest absolute Gasteiger partial charge is 0.227 e. The number of aromatic nitrogens is 2. The Bertz CT molecular complexity index is 535. The molecule has 3 N–H and O–H groups in total. The zero-order chi connectivity index (χ0) is 12.4. The number of hydrogen-bond donors (Lipinski definition) is 2. The van der Waals surface area contributed by atoms with Crippen LogP contribution in [0.15, 0.2) is 36.5 Å². The SMILES string of the molecule is NCc1cnc(Nc2ccccc2)nc1C1CC1. The summed E-state index contributed by atoms with van der Waals surface area (Å²) in [4.78, 5) is 8.91. The lowest BCUT2D eigenvalue weighted by Crippen LogP contribution is -2.07. The van der Waals surface area contributed by atoms with Crippen molar-refractivity contribution in [1.29, 1.82) is 0 Å². The molecular weight excluding hydrogens is 224 g/mol. The molecule has 4 heteroatoms. The van der Waals surface area contributed by atoms with Gasteiger partial charge in [0.05, 0.1) is 5.69 Å². The van der Waals surface area contributed by atoms with Crippen molar-refractivity contribution < 1.29 is 0 Å². The minimum atomic E-state index is 0.511. The summed E-state index contributed by atoms with van der Waals surface area (Å²) < 4.78 is 0. The van der Waals surface area contributed by atoms with E-state index in [1.165, 1.54) is 12.8 Å². The van der Waals surface area contributed by atoms with Gasteiger partial charge in [0.15, 0.2) is 0 Å². The van der Waals surface area contributed by atoms with E-state index in [4.69, 9.17) is 5.73 Å². The highest BCUT2D eigenvalue weighted by Gasteiger charge is 2.27. The summed E-state index contributed by atoms with van der Waals surface area (Å²) in [6.45, 7) is 0.511. The average molecular weight is 240 g/mol. The van der Waals surface area contributed by atoms with Gasteiger partial charge in [-0.3, -0.25) is 0 Å². The van der Waals surface area contributed by atoms with Gasteiger partial charge in [-0.05, 0) is 25.0 Å². The summed E-state index contributed by atoms with van der Waals surface area (Å²) >= 11 is 0. The Morgan fingerprint density at radius 3 is 2.67 bits per heavy atom. The second-order valence-corrected chi connectivity index (χ2v) is 4.57. The molecule has 4 nitrogen and oxygen atoms in total. The number of nitrogens with two attached hydrogens (primary N) is 1. The first-order chi connectivity index (χ1) is 8.86. The van der Waals surface area contributed by atoms with Crippen molar-refractivity contribution in [3.63, 3.8) is 0 Å². The highest BCUT2D eigenvalue weighted by molar-refractivity contribution is 5.53. The summed E-state index contributed by atoms with van der Waals surface area (Å²) in [7, 11) is 0. The molecule has 0 bridgehead atoms. The van der Waals surface area contributed by atoms with Crippen molar-refractivity contribution in [2.75, 3.05) is 5.32 Å². The summed E-state index contributed by atoms with van der Waals surface area (Å²) in [5, 5.41) is 3.22. The fourth-order valence-electron chi connectivity index (χ4n) is 2.00. The van der Waals surface area contributed by atoms with E-state index in [0.29, 0.717) is 18.4 Å². The second-order valence-electron chi connectivity index (χ2n) is 4.57. The monoisotopic (exact) mass is 240 g/mol. The summed E-state index contributed by atoms with van der Waals surface area (Å²) in [6, 6.07) is 9.95. The van der Waals surface area contributed by atoms with E-state index in [9.17, 15) is 0 Å². The van der Waals surface area contributed by atoms with Crippen LogP contribution in [0.4, 0.5) is 11.6 Å². The molecule has 0 spiro atoms. The zero-order valence-corrected chi connectivity index (χ0v) is 10.1. The molecule has 1 saturated carbocycles. The van der Waals surface area contributed by atoms with Crippen LogP contribution in [0.1, 0.15) is 30.0 Å². The third-order valence-electron chi connectivity index (χ3n) is 3.11. The van der Waals surface area contributed by atoms with Crippen LogP contribution in [-0.2, 0) is 6.54 Å². The van der Waals surface area contributed by atoms with Crippen molar-refractivity contribution >= 4 is 11.6 Å². The Balaban J connectivity index is 1.86. The predicted octanol–water partition coefficient (Wildman–Crippen LogP) is 2.56. The van der Waals surface area contributed by atoms with Gasteiger partial charge in [0, 0.05) is 29.9 Å². The molecule has 0 unspecified atom stereocenters. The van der Waals surface area contributed by atoms with Crippen molar-refractivity contribution in [1.82, 2.24) is 9.97 Å². The molecule has 0 aliphatic heterocycles. The van der Waals surface area contributed by atoms with Crippen molar-refractivity contribution in [2.45, 2.75) is 25.3 Å². The molecule has 92 valence electrons. The first-order valence-electron chi connectivity index (χ1n) is 6.25. The minimum absolute atomic E-state index is 0.511. The molecule has 1 aromatic heterocycles. The standard InChI is InChI=1S/C14H16N4/c15-8-11-9-16-14(18-13(11)10-6-7-10)17-12-4-2-1-3-5-12/h1-5,9-10H,6-8,15H2,(H,16,17,18). The molecule has 1 aliphatic rings. The van der Waals surface area contributed by atoms with Gasteiger partial charge in [-0.15, -0.1) is 0 Å². The van der Waals surface area contributed by atoms with E-state index >= 15 is 0 Å². The molecule has 0 saturated heterocycles. The molecule has 3 rings (SSSR count). The normalized spacial score (nSPS) is 14.5. The molecule has 18 heavy (non-hydrogen) atoms. The highest BCUT2D eigenvalue weighted by atomic mass is 15.1. The molecule has 2 aromatic rings. The number of rotatable bonds is 4. The van der Waals surface area contributed by atoms with Crippen LogP contribution in [0.5, 0.6) is 0 Å². The number of anilines is 2. The highest BCUT2D eigenvalue weighted by Crippen LogP contribution is 2.40. The van der Waals surface area contributed by atoms with Crippen molar-refractivity contribution in [3.8, 4) is 0 Å². The topological polar surface area (TPSA) is 63.8 Å². The first-order valence-corrected chi connectivity index (χ1v) is 6.25. The number of para-hydroxylation sites is 1. The van der Waals surface area contributed by atoms with Crippen LogP contribution in [0.3, 0.4) is 0 Å². The minimum Gasteiger partial charge on any atom is -0.326 e. The summed E-state index contributed by atoms with van der Waals surface area (Å²) in [5.41, 5.74) is 8.90. The van der Waals surface area contributed by atoms with Gasteiger partial charge in [-0.1, -0.05) is 18.2 Å². The Morgan fingerprint density at radius 2 is 2.00 bits per heavy atom. The fourth-order valence-corrected chi connectivity index (χ4v) is 2.00. The number of nitrogens with one attached hydrogen (secondary N) is 1.